The molecule has 1 aromatic heterocycles. The second-order valence-electron chi connectivity index (χ2n) is 7.90. The Kier molecular flexibility index (Phi) is 6.89. The van der Waals surface area contributed by atoms with Crippen molar-refractivity contribution >= 4 is 51.8 Å². The fourth-order valence-electron chi connectivity index (χ4n) is 3.96. The molecule has 0 aliphatic heterocycles. The van der Waals surface area contributed by atoms with E-state index in [1.165, 1.54) is 22.7 Å². The Hall–Kier alpha value is -2.02. The number of nitrogens with zero attached hydrogens (tertiary/aromatic N) is 2. The van der Waals surface area contributed by atoms with Crippen molar-refractivity contribution in [1.82, 2.24) is 14.9 Å². The highest BCUT2D eigenvalue weighted by molar-refractivity contribution is 7.99. The monoisotopic (exact) mass is 475 g/mol. The van der Waals surface area contributed by atoms with E-state index in [9.17, 15) is 9.59 Å². The lowest BCUT2D eigenvalue weighted by Gasteiger charge is -2.29. The summed E-state index contributed by atoms with van der Waals surface area (Å²) in [5, 5.41) is 5.13. The molecule has 1 heterocycles. The van der Waals surface area contributed by atoms with Crippen molar-refractivity contribution in [2.75, 3.05) is 5.75 Å². The first-order chi connectivity index (χ1) is 14.9. The quantitative estimate of drug-likeness (QED) is 0.391. The number of hydrogen-bond donors (Lipinski definition) is 1. The highest BCUT2D eigenvalue weighted by Crippen LogP contribution is 2.26. The van der Waals surface area contributed by atoms with Crippen molar-refractivity contribution in [1.29, 1.82) is 0 Å². The van der Waals surface area contributed by atoms with Crippen LogP contribution in [0.3, 0.4) is 0 Å². The van der Waals surface area contributed by atoms with Gasteiger partial charge in [0.25, 0.3) is 5.56 Å². The van der Waals surface area contributed by atoms with Gasteiger partial charge in [-0.15, -0.1) is 0 Å². The minimum Gasteiger partial charge on any atom is -0.352 e. The zero-order valence-electron chi connectivity index (χ0n) is 17.1. The van der Waals surface area contributed by atoms with Gasteiger partial charge in [-0.2, -0.15) is 0 Å². The molecular formula is C23H23Cl2N3O2S. The molecule has 1 fully saturated rings. The van der Waals surface area contributed by atoms with Gasteiger partial charge in [-0.25, -0.2) is 4.98 Å². The largest absolute Gasteiger partial charge is 0.352 e. The van der Waals surface area contributed by atoms with E-state index in [0.717, 1.165) is 19.3 Å². The van der Waals surface area contributed by atoms with E-state index in [2.05, 4.69) is 17.2 Å². The number of carbonyl (C=O) groups is 1. The molecular weight excluding hydrogens is 453 g/mol. The summed E-state index contributed by atoms with van der Waals surface area (Å²) in [4.78, 5) is 30.6. The maximum absolute atomic E-state index is 13.3. The summed E-state index contributed by atoms with van der Waals surface area (Å²) in [6.45, 7) is 2.18. The molecule has 3 aromatic rings. The molecule has 1 N–H and O–H groups in total. The van der Waals surface area contributed by atoms with Gasteiger partial charge < -0.3 is 5.32 Å². The van der Waals surface area contributed by atoms with Crippen LogP contribution in [0.4, 0.5) is 0 Å². The lowest BCUT2D eigenvalue weighted by molar-refractivity contribution is -0.119. The summed E-state index contributed by atoms with van der Waals surface area (Å²) in [6.07, 6.45) is 4.52. The van der Waals surface area contributed by atoms with Crippen molar-refractivity contribution < 1.29 is 4.79 Å². The molecule has 2 aromatic carbocycles. The highest BCUT2D eigenvalue weighted by atomic mass is 35.5. The zero-order chi connectivity index (χ0) is 22.0. The van der Waals surface area contributed by atoms with Crippen molar-refractivity contribution in [3.63, 3.8) is 0 Å². The van der Waals surface area contributed by atoms with E-state index in [-0.39, 0.29) is 23.3 Å². The molecule has 8 heteroatoms. The number of rotatable bonds is 5. The Balaban J connectivity index is 1.65. The summed E-state index contributed by atoms with van der Waals surface area (Å²) < 4.78 is 1.52. The van der Waals surface area contributed by atoms with E-state index in [4.69, 9.17) is 23.2 Å². The third-order valence-electron chi connectivity index (χ3n) is 5.68. The van der Waals surface area contributed by atoms with Gasteiger partial charge in [0.05, 0.1) is 22.3 Å². The molecule has 1 aliphatic rings. The Bertz CT molecular complexity index is 1160. The van der Waals surface area contributed by atoms with E-state index in [0.29, 0.717) is 37.7 Å². The smallest absolute Gasteiger partial charge is 0.266 e. The van der Waals surface area contributed by atoms with Crippen LogP contribution in [-0.4, -0.2) is 27.3 Å². The summed E-state index contributed by atoms with van der Waals surface area (Å²) in [5.74, 6) is 0.609. The number of thioether (sulfide) groups is 1. The van der Waals surface area contributed by atoms with Gasteiger partial charge in [0.2, 0.25) is 5.91 Å². The minimum absolute atomic E-state index is 0.0492. The van der Waals surface area contributed by atoms with E-state index >= 15 is 0 Å². The molecule has 2 unspecified atom stereocenters. The topological polar surface area (TPSA) is 64.0 Å². The summed E-state index contributed by atoms with van der Waals surface area (Å²) in [5.41, 5.74) is 0.932. The van der Waals surface area contributed by atoms with Crippen molar-refractivity contribution in [2.24, 2.45) is 5.92 Å². The van der Waals surface area contributed by atoms with Crippen LogP contribution in [0.1, 0.15) is 32.6 Å². The number of hydrogen-bond acceptors (Lipinski definition) is 4. The van der Waals surface area contributed by atoms with Gasteiger partial charge in [0.1, 0.15) is 0 Å². The highest BCUT2D eigenvalue weighted by Gasteiger charge is 2.23. The first-order valence-corrected chi connectivity index (χ1v) is 12.1. The number of halogens is 2. The average molecular weight is 476 g/mol. The van der Waals surface area contributed by atoms with Crippen LogP contribution in [-0.2, 0) is 4.79 Å². The number of benzene rings is 2. The average Bonchev–Trinajstić information content (AvgIpc) is 2.75. The molecule has 0 radical (unpaired) electrons. The minimum atomic E-state index is -0.215. The first kappa shape index (κ1) is 22.2. The lowest BCUT2D eigenvalue weighted by atomic mass is 9.86. The van der Waals surface area contributed by atoms with E-state index in [1.54, 1.807) is 42.5 Å². The van der Waals surface area contributed by atoms with Crippen LogP contribution in [0.25, 0.3) is 16.6 Å². The molecule has 0 bridgehead atoms. The van der Waals surface area contributed by atoms with Crippen LogP contribution < -0.4 is 10.9 Å². The molecule has 1 amide bonds. The van der Waals surface area contributed by atoms with Crippen LogP contribution in [0.2, 0.25) is 10.0 Å². The second-order valence-corrected chi connectivity index (χ2v) is 9.71. The zero-order valence-corrected chi connectivity index (χ0v) is 19.4. The Morgan fingerprint density at radius 3 is 2.58 bits per heavy atom. The SMILES string of the molecule is CC1CCCCC1NC(=O)CSc1nc2cc(Cl)ccc2c(=O)n1-c1ccc(Cl)cc1. The van der Waals surface area contributed by atoms with Gasteiger partial charge in [0, 0.05) is 16.1 Å². The summed E-state index contributed by atoms with van der Waals surface area (Å²) in [6, 6.07) is 12.2. The predicted molar refractivity (Wildman–Crippen MR) is 128 cm³/mol. The molecule has 1 saturated carbocycles. The maximum atomic E-state index is 13.3. The van der Waals surface area contributed by atoms with Crippen molar-refractivity contribution in [2.45, 2.75) is 43.8 Å². The van der Waals surface area contributed by atoms with Crippen LogP contribution in [0.15, 0.2) is 52.4 Å². The van der Waals surface area contributed by atoms with Crippen molar-refractivity contribution in [3.8, 4) is 5.69 Å². The molecule has 4 rings (SSSR count). The number of carbonyl (C=O) groups excluding carboxylic acids is 1. The first-order valence-electron chi connectivity index (χ1n) is 10.3. The molecule has 31 heavy (non-hydrogen) atoms. The summed E-state index contributed by atoms with van der Waals surface area (Å²) >= 11 is 13.4. The molecule has 1 aliphatic carbocycles. The number of fused-ring (bicyclic) bond motifs is 1. The van der Waals surface area contributed by atoms with Gasteiger partial charge in [-0.05, 0) is 61.2 Å². The Labute approximate surface area is 195 Å². The molecule has 5 nitrogen and oxygen atoms in total. The Morgan fingerprint density at radius 1 is 1.13 bits per heavy atom. The van der Waals surface area contributed by atoms with Gasteiger partial charge >= 0.3 is 0 Å². The van der Waals surface area contributed by atoms with E-state index < -0.39 is 0 Å². The normalized spacial score (nSPS) is 18.8. The third kappa shape index (κ3) is 5.08. The molecule has 0 spiro atoms. The van der Waals surface area contributed by atoms with Gasteiger partial charge in [0.15, 0.2) is 5.16 Å². The summed E-state index contributed by atoms with van der Waals surface area (Å²) in [7, 11) is 0. The van der Waals surface area contributed by atoms with Crippen LogP contribution in [0, 0.1) is 5.92 Å². The fraction of sp³-hybridized carbons (Fsp3) is 0.348. The second kappa shape index (κ2) is 9.63. The lowest BCUT2D eigenvalue weighted by Crippen LogP contribution is -2.41. The van der Waals surface area contributed by atoms with Crippen molar-refractivity contribution in [3.05, 3.63) is 62.9 Å². The molecule has 0 saturated heterocycles. The van der Waals surface area contributed by atoms with Gasteiger partial charge in [-0.1, -0.05) is 54.7 Å². The van der Waals surface area contributed by atoms with E-state index in [1.807, 2.05) is 0 Å². The molecule has 2 atom stereocenters. The molecule has 162 valence electrons. The number of amides is 1. The van der Waals surface area contributed by atoms with Gasteiger partial charge in [-0.3, -0.25) is 14.2 Å². The fourth-order valence-corrected chi connectivity index (χ4v) is 5.08. The standard InChI is InChI=1S/C23H23Cl2N3O2S/c1-14-4-2-3-5-19(14)26-21(29)13-31-23-27-20-12-16(25)8-11-18(20)22(30)28(23)17-9-6-15(24)7-10-17/h6-12,14,19H,2-5,13H2,1H3,(H,26,29). The third-order valence-corrected chi connectivity index (χ3v) is 7.10. The predicted octanol–water partition coefficient (Wildman–Crippen LogP) is 5.48. The maximum Gasteiger partial charge on any atom is 0.266 e. The number of aromatic nitrogens is 2. The number of nitrogens with one attached hydrogen (secondary N) is 1. The van der Waals surface area contributed by atoms with Crippen LogP contribution >= 0.6 is 35.0 Å². The Morgan fingerprint density at radius 2 is 1.84 bits per heavy atom. The van der Waals surface area contributed by atoms with Crippen LogP contribution in [0.5, 0.6) is 0 Å².